The van der Waals surface area contributed by atoms with Gasteiger partial charge in [0.05, 0.1) is 18.3 Å². The molecule has 3 heterocycles. The molecule has 0 bridgehead atoms. The van der Waals surface area contributed by atoms with Crippen LogP contribution in [0.3, 0.4) is 0 Å². The summed E-state index contributed by atoms with van der Waals surface area (Å²) in [6, 6.07) is 4.06. The van der Waals surface area contributed by atoms with Gasteiger partial charge in [0.25, 0.3) is 0 Å². The minimum atomic E-state index is 0.250. The smallest absolute Gasteiger partial charge is 0.145 e. The molecule has 0 aromatic carbocycles. The van der Waals surface area contributed by atoms with E-state index in [1.165, 1.54) is 0 Å². The van der Waals surface area contributed by atoms with Gasteiger partial charge in [0.1, 0.15) is 12.1 Å². The Labute approximate surface area is 117 Å². The van der Waals surface area contributed by atoms with Crippen LogP contribution in [-0.4, -0.2) is 45.6 Å². The van der Waals surface area contributed by atoms with Gasteiger partial charge in [-0.05, 0) is 12.5 Å². The summed E-state index contributed by atoms with van der Waals surface area (Å²) in [6.07, 6.45) is 4.74. The predicted octanol–water partition coefficient (Wildman–Crippen LogP) is 0.743. The Bertz CT molecular complexity index is 539. The van der Waals surface area contributed by atoms with Crippen LogP contribution < -0.4 is 5.73 Å². The van der Waals surface area contributed by atoms with Crippen LogP contribution in [0.1, 0.15) is 12.1 Å². The Morgan fingerprint density at radius 1 is 1.50 bits per heavy atom. The molecule has 20 heavy (non-hydrogen) atoms. The van der Waals surface area contributed by atoms with Crippen molar-refractivity contribution >= 4 is 5.82 Å². The summed E-state index contributed by atoms with van der Waals surface area (Å²) in [5, 5.41) is 8.23. The largest absolute Gasteiger partial charge is 0.382 e. The Morgan fingerprint density at radius 3 is 3.05 bits per heavy atom. The second kappa shape index (κ2) is 5.64. The van der Waals surface area contributed by atoms with E-state index in [0.29, 0.717) is 11.9 Å². The summed E-state index contributed by atoms with van der Waals surface area (Å²) in [7, 11) is 1.76. The fourth-order valence-electron chi connectivity index (χ4n) is 2.71. The summed E-state index contributed by atoms with van der Waals surface area (Å²) in [4.78, 5) is 2.35. The topological polar surface area (TPSA) is 82.3 Å². The van der Waals surface area contributed by atoms with Crippen LogP contribution in [-0.2, 0) is 17.8 Å². The third-order valence-electron chi connectivity index (χ3n) is 3.74. The van der Waals surface area contributed by atoms with Crippen LogP contribution in [0.4, 0.5) is 5.82 Å². The number of nitrogens with two attached hydrogens (primary N) is 1. The van der Waals surface area contributed by atoms with E-state index in [9.17, 15) is 0 Å². The fourth-order valence-corrected chi connectivity index (χ4v) is 2.71. The molecule has 0 saturated carbocycles. The Kier molecular flexibility index (Phi) is 3.70. The van der Waals surface area contributed by atoms with Crippen molar-refractivity contribution in [3.8, 4) is 0 Å². The molecule has 2 atom stereocenters. The van der Waals surface area contributed by atoms with E-state index in [1.807, 2.05) is 23.0 Å². The molecule has 0 amide bonds. The van der Waals surface area contributed by atoms with E-state index in [4.69, 9.17) is 15.0 Å². The van der Waals surface area contributed by atoms with E-state index < -0.39 is 0 Å². The van der Waals surface area contributed by atoms with Gasteiger partial charge in [-0.1, -0.05) is 5.16 Å². The SMILES string of the molecule is CO[C@@H]1C[C@@H](Cn2ccc(N)n2)N(Cc2ccon2)C1. The molecule has 1 saturated heterocycles. The lowest BCUT2D eigenvalue weighted by Gasteiger charge is -2.22. The van der Waals surface area contributed by atoms with Crippen molar-refractivity contribution in [2.45, 2.75) is 31.7 Å². The molecule has 0 spiro atoms. The summed E-state index contributed by atoms with van der Waals surface area (Å²) < 4.78 is 12.3. The Hall–Kier alpha value is -1.86. The van der Waals surface area contributed by atoms with Crippen molar-refractivity contribution in [1.29, 1.82) is 0 Å². The first-order chi connectivity index (χ1) is 9.74. The van der Waals surface area contributed by atoms with Gasteiger partial charge in [-0.3, -0.25) is 9.58 Å². The van der Waals surface area contributed by atoms with Gasteiger partial charge in [0, 0.05) is 38.5 Å². The number of ether oxygens (including phenoxy) is 1. The maximum absolute atomic E-state index is 5.66. The standard InChI is InChI=1S/C13H19N5O2/c1-19-12-6-11(8-18-4-2-13(14)15-18)17(9-12)7-10-3-5-20-16-10/h2-5,11-12H,6-9H2,1H3,(H2,14,15)/t11-,12+/m0/s1. The predicted molar refractivity (Wildman–Crippen MR) is 72.8 cm³/mol. The third-order valence-corrected chi connectivity index (χ3v) is 3.74. The minimum absolute atomic E-state index is 0.250. The summed E-state index contributed by atoms with van der Waals surface area (Å²) in [6.45, 7) is 2.46. The fraction of sp³-hybridized carbons (Fsp3) is 0.538. The van der Waals surface area contributed by atoms with Gasteiger partial charge in [0.15, 0.2) is 0 Å². The molecule has 2 aromatic rings. The van der Waals surface area contributed by atoms with Gasteiger partial charge in [0.2, 0.25) is 0 Å². The van der Waals surface area contributed by atoms with Crippen LogP contribution in [0, 0.1) is 0 Å². The number of rotatable bonds is 5. The highest BCUT2D eigenvalue weighted by Crippen LogP contribution is 2.23. The van der Waals surface area contributed by atoms with Crippen molar-refractivity contribution in [1.82, 2.24) is 19.8 Å². The molecular weight excluding hydrogens is 258 g/mol. The lowest BCUT2D eigenvalue weighted by atomic mass is 10.2. The van der Waals surface area contributed by atoms with E-state index in [2.05, 4.69) is 15.2 Å². The van der Waals surface area contributed by atoms with E-state index in [1.54, 1.807) is 13.4 Å². The third kappa shape index (κ3) is 2.83. The highest BCUT2D eigenvalue weighted by molar-refractivity contribution is 5.23. The second-order valence-corrected chi connectivity index (χ2v) is 5.13. The molecule has 2 aromatic heterocycles. The van der Waals surface area contributed by atoms with Gasteiger partial charge >= 0.3 is 0 Å². The lowest BCUT2D eigenvalue weighted by Crippen LogP contribution is -2.33. The number of methoxy groups -OCH3 is 1. The molecule has 1 aliphatic rings. The minimum Gasteiger partial charge on any atom is -0.382 e. The number of hydrogen-bond acceptors (Lipinski definition) is 6. The molecule has 1 aliphatic heterocycles. The first-order valence-electron chi connectivity index (χ1n) is 6.69. The zero-order valence-electron chi connectivity index (χ0n) is 11.5. The zero-order valence-corrected chi connectivity index (χ0v) is 11.5. The molecule has 0 radical (unpaired) electrons. The molecule has 0 unspecified atom stereocenters. The van der Waals surface area contributed by atoms with Crippen molar-refractivity contribution in [3.05, 3.63) is 30.3 Å². The number of likely N-dealkylation sites (tertiary alicyclic amines) is 1. The first kappa shape index (κ1) is 13.1. The Morgan fingerprint density at radius 2 is 2.40 bits per heavy atom. The van der Waals surface area contributed by atoms with Crippen LogP contribution in [0.25, 0.3) is 0 Å². The van der Waals surface area contributed by atoms with Crippen LogP contribution in [0.2, 0.25) is 0 Å². The average molecular weight is 277 g/mol. The van der Waals surface area contributed by atoms with Gasteiger partial charge < -0.3 is 15.0 Å². The number of nitrogen functional groups attached to an aromatic ring is 1. The average Bonchev–Trinajstić information content (AvgIpc) is 3.14. The van der Waals surface area contributed by atoms with Gasteiger partial charge in [-0.15, -0.1) is 0 Å². The quantitative estimate of drug-likeness (QED) is 0.868. The second-order valence-electron chi connectivity index (χ2n) is 5.13. The highest BCUT2D eigenvalue weighted by Gasteiger charge is 2.32. The van der Waals surface area contributed by atoms with Crippen molar-refractivity contribution < 1.29 is 9.26 Å². The van der Waals surface area contributed by atoms with Crippen LogP contribution in [0.15, 0.2) is 29.1 Å². The molecule has 1 fully saturated rings. The molecule has 2 N–H and O–H groups in total. The molecule has 3 rings (SSSR count). The normalized spacial score (nSPS) is 23.4. The zero-order chi connectivity index (χ0) is 13.9. The van der Waals surface area contributed by atoms with E-state index in [0.717, 1.165) is 31.7 Å². The summed E-state index contributed by atoms with van der Waals surface area (Å²) in [5.74, 6) is 0.550. The molecule has 7 nitrogen and oxygen atoms in total. The van der Waals surface area contributed by atoms with Crippen molar-refractivity contribution in [3.63, 3.8) is 0 Å². The highest BCUT2D eigenvalue weighted by atomic mass is 16.5. The number of anilines is 1. The summed E-state index contributed by atoms with van der Waals surface area (Å²) >= 11 is 0. The van der Waals surface area contributed by atoms with Gasteiger partial charge in [-0.25, -0.2) is 0 Å². The molecule has 7 heteroatoms. The monoisotopic (exact) mass is 277 g/mol. The maximum Gasteiger partial charge on any atom is 0.145 e. The van der Waals surface area contributed by atoms with Gasteiger partial charge in [-0.2, -0.15) is 5.10 Å². The maximum atomic E-state index is 5.66. The number of aromatic nitrogens is 3. The first-order valence-corrected chi connectivity index (χ1v) is 6.69. The van der Waals surface area contributed by atoms with E-state index in [-0.39, 0.29) is 6.10 Å². The molecule has 0 aliphatic carbocycles. The number of nitrogens with zero attached hydrogens (tertiary/aromatic N) is 4. The van der Waals surface area contributed by atoms with Crippen molar-refractivity contribution in [2.24, 2.45) is 0 Å². The lowest BCUT2D eigenvalue weighted by molar-refractivity contribution is 0.107. The van der Waals surface area contributed by atoms with E-state index >= 15 is 0 Å². The van der Waals surface area contributed by atoms with Crippen molar-refractivity contribution in [2.75, 3.05) is 19.4 Å². The van der Waals surface area contributed by atoms with Crippen LogP contribution >= 0.6 is 0 Å². The van der Waals surface area contributed by atoms with Crippen LogP contribution in [0.5, 0.6) is 0 Å². The number of hydrogen-bond donors (Lipinski definition) is 1. The summed E-state index contributed by atoms with van der Waals surface area (Å²) in [5.41, 5.74) is 6.59. The molecule has 108 valence electrons. The molecular formula is C13H19N5O2. The Balaban J connectivity index is 1.69.